The van der Waals surface area contributed by atoms with Crippen LogP contribution in [0.2, 0.25) is 0 Å². The van der Waals surface area contributed by atoms with Crippen LogP contribution in [0.1, 0.15) is 63.0 Å². The van der Waals surface area contributed by atoms with Crippen molar-refractivity contribution in [1.82, 2.24) is 4.90 Å². The summed E-state index contributed by atoms with van der Waals surface area (Å²) in [5.74, 6) is 0.351. The van der Waals surface area contributed by atoms with Crippen LogP contribution in [0.25, 0.3) is 0 Å². The average molecular weight is 353 g/mol. The largest absolute Gasteiger partial charge is 0.339 e. The van der Waals surface area contributed by atoms with Crippen molar-refractivity contribution in [3.8, 4) is 0 Å². The molecule has 0 radical (unpaired) electrons. The van der Waals surface area contributed by atoms with Gasteiger partial charge in [0.1, 0.15) is 0 Å². The Morgan fingerprint density at radius 2 is 1.88 bits per heavy atom. The molecule has 0 spiro atoms. The van der Waals surface area contributed by atoms with Gasteiger partial charge in [-0.2, -0.15) is 0 Å². The van der Waals surface area contributed by atoms with E-state index in [-0.39, 0.29) is 12.4 Å². The van der Waals surface area contributed by atoms with Crippen molar-refractivity contribution in [2.24, 2.45) is 5.73 Å². The number of fused-ring (bicyclic) bond motifs is 1. The van der Waals surface area contributed by atoms with Gasteiger partial charge < -0.3 is 10.6 Å². The standard InChI is InChI=1S/C20H32N2O.ClH/c1-2-15-22(20(23)11-5-3-4-8-14-21)19-13-12-17-9-6-7-10-18(17)16-19;/h6-7,9-10,19H,2-5,8,11-16,21H2,1H3;1H. The molecule has 1 aromatic carbocycles. The lowest BCUT2D eigenvalue weighted by atomic mass is 9.87. The van der Waals surface area contributed by atoms with Gasteiger partial charge in [-0.05, 0) is 56.2 Å². The molecule has 0 saturated heterocycles. The summed E-state index contributed by atoms with van der Waals surface area (Å²) in [6.07, 6.45) is 9.31. The van der Waals surface area contributed by atoms with Gasteiger partial charge in [-0.3, -0.25) is 4.79 Å². The average Bonchev–Trinajstić information content (AvgIpc) is 2.59. The van der Waals surface area contributed by atoms with Crippen LogP contribution in [0.5, 0.6) is 0 Å². The van der Waals surface area contributed by atoms with Crippen molar-refractivity contribution in [3.63, 3.8) is 0 Å². The predicted octanol–water partition coefficient (Wildman–Crippen LogP) is 4.11. The van der Waals surface area contributed by atoms with Crippen LogP contribution in [0.4, 0.5) is 0 Å². The van der Waals surface area contributed by atoms with Gasteiger partial charge in [-0.25, -0.2) is 0 Å². The summed E-state index contributed by atoms with van der Waals surface area (Å²) in [4.78, 5) is 14.8. The monoisotopic (exact) mass is 352 g/mol. The number of benzene rings is 1. The Morgan fingerprint density at radius 1 is 1.17 bits per heavy atom. The molecular weight excluding hydrogens is 320 g/mol. The predicted molar refractivity (Wildman–Crippen MR) is 104 cm³/mol. The number of nitrogens with two attached hydrogens (primary N) is 1. The Kier molecular flexibility index (Phi) is 10.0. The van der Waals surface area contributed by atoms with Crippen LogP contribution in [0.15, 0.2) is 24.3 Å². The number of amides is 1. The summed E-state index contributed by atoms with van der Waals surface area (Å²) in [5, 5.41) is 0. The fraction of sp³-hybridized carbons (Fsp3) is 0.650. The van der Waals surface area contributed by atoms with E-state index in [4.69, 9.17) is 5.73 Å². The number of unbranched alkanes of at least 4 members (excludes halogenated alkanes) is 3. The number of aryl methyl sites for hydroxylation is 1. The zero-order valence-corrected chi connectivity index (χ0v) is 15.8. The van der Waals surface area contributed by atoms with E-state index < -0.39 is 0 Å². The molecule has 0 saturated carbocycles. The SMILES string of the molecule is CCCN(C(=O)CCCCCCN)C1CCc2ccccc2C1.Cl. The van der Waals surface area contributed by atoms with E-state index in [1.807, 2.05) is 0 Å². The molecule has 136 valence electrons. The highest BCUT2D eigenvalue weighted by molar-refractivity contribution is 5.85. The number of hydrogen-bond acceptors (Lipinski definition) is 2. The van der Waals surface area contributed by atoms with Crippen molar-refractivity contribution < 1.29 is 4.79 Å². The quantitative estimate of drug-likeness (QED) is 0.680. The minimum atomic E-state index is 0. The fourth-order valence-corrected chi connectivity index (χ4v) is 3.61. The third kappa shape index (κ3) is 6.10. The van der Waals surface area contributed by atoms with Crippen LogP contribution in [0, 0.1) is 0 Å². The van der Waals surface area contributed by atoms with Gasteiger partial charge in [-0.15, -0.1) is 12.4 Å². The topological polar surface area (TPSA) is 46.3 Å². The number of carbonyl (C=O) groups is 1. The lowest BCUT2D eigenvalue weighted by Crippen LogP contribution is -2.43. The van der Waals surface area contributed by atoms with E-state index in [1.165, 1.54) is 11.1 Å². The number of rotatable bonds is 9. The second kappa shape index (κ2) is 11.5. The zero-order valence-electron chi connectivity index (χ0n) is 15.0. The summed E-state index contributed by atoms with van der Waals surface area (Å²) < 4.78 is 0. The number of halogens is 1. The molecule has 1 unspecified atom stereocenters. The molecule has 0 heterocycles. The second-order valence-corrected chi connectivity index (χ2v) is 6.71. The Labute approximate surface area is 153 Å². The molecule has 1 atom stereocenters. The maximum atomic E-state index is 12.7. The van der Waals surface area contributed by atoms with Crippen molar-refractivity contribution in [2.45, 2.75) is 70.8 Å². The molecule has 3 nitrogen and oxygen atoms in total. The molecule has 24 heavy (non-hydrogen) atoms. The fourth-order valence-electron chi connectivity index (χ4n) is 3.61. The number of nitrogens with zero attached hydrogens (tertiary/aromatic N) is 1. The van der Waals surface area contributed by atoms with E-state index in [1.54, 1.807) is 0 Å². The number of hydrogen-bond donors (Lipinski definition) is 1. The maximum absolute atomic E-state index is 12.7. The van der Waals surface area contributed by atoms with Crippen LogP contribution < -0.4 is 5.73 Å². The lowest BCUT2D eigenvalue weighted by Gasteiger charge is -2.35. The Morgan fingerprint density at radius 3 is 2.58 bits per heavy atom. The van der Waals surface area contributed by atoms with Gasteiger partial charge in [0, 0.05) is 19.0 Å². The van der Waals surface area contributed by atoms with Gasteiger partial charge >= 0.3 is 0 Å². The maximum Gasteiger partial charge on any atom is 0.222 e. The summed E-state index contributed by atoms with van der Waals surface area (Å²) in [7, 11) is 0. The van der Waals surface area contributed by atoms with Gasteiger partial charge in [0.25, 0.3) is 0 Å². The van der Waals surface area contributed by atoms with E-state index in [9.17, 15) is 4.79 Å². The highest BCUT2D eigenvalue weighted by atomic mass is 35.5. The van der Waals surface area contributed by atoms with Crippen molar-refractivity contribution in [1.29, 1.82) is 0 Å². The third-order valence-corrected chi connectivity index (χ3v) is 4.89. The summed E-state index contributed by atoms with van der Waals surface area (Å²) >= 11 is 0. The molecule has 1 aliphatic carbocycles. The summed E-state index contributed by atoms with van der Waals surface area (Å²) in [6, 6.07) is 9.08. The first kappa shape index (κ1) is 21.0. The Balaban J connectivity index is 0.00000288. The van der Waals surface area contributed by atoms with Crippen LogP contribution in [0.3, 0.4) is 0 Å². The van der Waals surface area contributed by atoms with Gasteiger partial charge in [0.05, 0.1) is 0 Å². The molecule has 0 fully saturated rings. The minimum Gasteiger partial charge on any atom is -0.339 e. The number of carbonyl (C=O) groups excluding carboxylic acids is 1. The molecule has 2 rings (SSSR count). The first-order chi connectivity index (χ1) is 11.3. The smallest absolute Gasteiger partial charge is 0.222 e. The first-order valence-electron chi connectivity index (χ1n) is 9.32. The second-order valence-electron chi connectivity index (χ2n) is 6.71. The van der Waals surface area contributed by atoms with E-state index in [0.29, 0.717) is 18.4 Å². The van der Waals surface area contributed by atoms with Gasteiger partial charge in [0.15, 0.2) is 0 Å². The zero-order chi connectivity index (χ0) is 16.5. The molecule has 0 bridgehead atoms. The Bertz CT molecular complexity index is 492. The van der Waals surface area contributed by atoms with Crippen LogP contribution in [-0.2, 0) is 17.6 Å². The molecule has 0 aliphatic heterocycles. The highest BCUT2D eigenvalue weighted by Gasteiger charge is 2.26. The minimum absolute atomic E-state index is 0. The molecule has 0 aromatic heterocycles. The summed E-state index contributed by atoms with van der Waals surface area (Å²) in [5.41, 5.74) is 8.42. The van der Waals surface area contributed by atoms with Crippen molar-refractivity contribution >= 4 is 18.3 Å². The molecule has 2 N–H and O–H groups in total. The van der Waals surface area contributed by atoms with Crippen molar-refractivity contribution in [3.05, 3.63) is 35.4 Å². The van der Waals surface area contributed by atoms with E-state index in [2.05, 4.69) is 36.1 Å². The summed E-state index contributed by atoms with van der Waals surface area (Å²) in [6.45, 7) is 3.82. The van der Waals surface area contributed by atoms with Gasteiger partial charge in [0.2, 0.25) is 5.91 Å². The van der Waals surface area contributed by atoms with E-state index in [0.717, 1.165) is 64.5 Å². The third-order valence-electron chi connectivity index (χ3n) is 4.89. The van der Waals surface area contributed by atoms with Gasteiger partial charge in [-0.1, -0.05) is 44.0 Å². The molecule has 1 aliphatic rings. The van der Waals surface area contributed by atoms with Crippen molar-refractivity contribution in [2.75, 3.05) is 13.1 Å². The molecule has 1 aromatic rings. The molecule has 1 amide bonds. The first-order valence-corrected chi connectivity index (χ1v) is 9.32. The normalized spacial score (nSPS) is 16.2. The lowest BCUT2D eigenvalue weighted by molar-refractivity contribution is -0.134. The highest BCUT2D eigenvalue weighted by Crippen LogP contribution is 2.25. The Hall–Kier alpha value is -1.06. The van der Waals surface area contributed by atoms with Crippen LogP contribution >= 0.6 is 12.4 Å². The van der Waals surface area contributed by atoms with E-state index >= 15 is 0 Å². The van der Waals surface area contributed by atoms with Crippen LogP contribution in [-0.4, -0.2) is 29.9 Å². The molecule has 4 heteroatoms. The molecular formula is C20H33ClN2O.